The molecule has 0 aromatic heterocycles. The molecule has 0 bridgehead atoms. The Hall–Kier alpha value is -1.59. The van der Waals surface area contributed by atoms with Crippen LogP contribution in [-0.2, 0) is 28.6 Å². The first-order chi connectivity index (χ1) is 8.47. The van der Waals surface area contributed by atoms with E-state index in [-0.39, 0.29) is 19.6 Å². The van der Waals surface area contributed by atoms with Gasteiger partial charge in [0.05, 0.1) is 20.3 Å². The largest absolute Gasteiger partial charge is 0.469 e. The summed E-state index contributed by atoms with van der Waals surface area (Å²) >= 11 is 0. The van der Waals surface area contributed by atoms with Crippen LogP contribution in [0.25, 0.3) is 0 Å². The zero-order valence-electron chi connectivity index (χ0n) is 11.2. The van der Waals surface area contributed by atoms with E-state index in [0.29, 0.717) is 0 Å². The van der Waals surface area contributed by atoms with Crippen LogP contribution in [-0.4, -0.2) is 38.2 Å². The molecule has 1 atom stereocenters. The van der Waals surface area contributed by atoms with Crippen molar-refractivity contribution in [1.29, 1.82) is 0 Å². The van der Waals surface area contributed by atoms with E-state index in [1.165, 1.54) is 7.11 Å². The van der Waals surface area contributed by atoms with E-state index in [1.807, 2.05) is 0 Å². The summed E-state index contributed by atoms with van der Waals surface area (Å²) in [6.07, 6.45) is -0.0429. The summed E-state index contributed by atoms with van der Waals surface area (Å²) in [6.45, 7) is 5.23. The highest BCUT2D eigenvalue weighted by Crippen LogP contribution is 2.19. The van der Waals surface area contributed by atoms with Gasteiger partial charge in [-0.15, -0.1) is 0 Å². The number of esters is 3. The zero-order chi connectivity index (χ0) is 14.1. The Balaban J connectivity index is 4.78. The van der Waals surface area contributed by atoms with Crippen molar-refractivity contribution >= 4 is 17.9 Å². The Morgan fingerprint density at radius 1 is 1.00 bits per heavy atom. The summed E-state index contributed by atoms with van der Waals surface area (Å²) < 4.78 is 14.1. The van der Waals surface area contributed by atoms with Gasteiger partial charge in [0, 0.05) is 6.42 Å². The van der Waals surface area contributed by atoms with Crippen molar-refractivity contribution < 1.29 is 28.6 Å². The van der Waals surface area contributed by atoms with Crippen LogP contribution in [0.4, 0.5) is 0 Å². The normalized spacial score (nSPS) is 11.8. The van der Waals surface area contributed by atoms with E-state index in [9.17, 15) is 14.4 Å². The molecule has 6 heteroatoms. The first-order valence-corrected chi connectivity index (χ1v) is 5.87. The van der Waals surface area contributed by atoms with Gasteiger partial charge in [0.2, 0.25) is 0 Å². The van der Waals surface area contributed by atoms with Crippen LogP contribution in [0.3, 0.4) is 0 Å². The van der Waals surface area contributed by atoms with Gasteiger partial charge in [0.1, 0.15) is 0 Å². The first kappa shape index (κ1) is 16.4. The van der Waals surface area contributed by atoms with Gasteiger partial charge < -0.3 is 14.2 Å². The molecule has 0 spiro atoms. The lowest BCUT2D eigenvalue weighted by molar-refractivity contribution is -0.164. The Bertz CT molecular complexity index is 281. The molecule has 0 rings (SSSR count). The highest BCUT2D eigenvalue weighted by atomic mass is 16.6. The molecule has 0 heterocycles. The Kier molecular flexibility index (Phi) is 7.74. The van der Waals surface area contributed by atoms with Crippen molar-refractivity contribution in [2.24, 2.45) is 11.8 Å². The molecule has 0 aromatic carbocycles. The molecular formula is C12H20O6. The van der Waals surface area contributed by atoms with E-state index in [0.717, 1.165) is 0 Å². The molecule has 0 fully saturated rings. The maximum Gasteiger partial charge on any atom is 0.320 e. The van der Waals surface area contributed by atoms with E-state index in [1.54, 1.807) is 20.8 Å². The molecule has 18 heavy (non-hydrogen) atoms. The van der Waals surface area contributed by atoms with Gasteiger partial charge in [0.25, 0.3) is 0 Å². The van der Waals surface area contributed by atoms with Crippen LogP contribution >= 0.6 is 0 Å². The predicted molar refractivity (Wildman–Crippen MR) is 62.6 cm³/mol. The molecule has 0 saturated heterocycles. The van der Waals surface area contributed by atoms with Gasteiger partial charge >= 0.3 is 17.9 Å². The third kappa shape index (κ3) is 5.16. The Morgan fingerprint density at radius 3 is 1.78 bits per heavy atom. The van der Waals surface area contributed by atoms with Crippen LogP contribution in [0.5, 0.6) is 0 Å². The van der Waals surface area contributed by atoms with Crippen LogP contribution in [0, 0.1) is 11.8 Å². The minimum absolute atomic E-state index is 0.0429. The molecule has 0 N–H and O–H groups in total. The second-order valence-corrected chi connectivity index (χ2v) is 3.74. The SMILES string of the molecule is CCOC(=O)C(C(=O)OCC)[C@H](C)CC(=O)OC. The fourth-order valence-electron chi connectivity index (χ4n) is 1.49. The summed E-state index contributed by atoms with van der Waals surface area (Å²) in [5, 5.41) is 0. The van der Waals surface area contributed by atoms with Gasteiger partial charge in [-0.05, 0) is 19.8 Å². The standard InChI is InChI=1S/C12H20O6/c1-5-17-11(14)10(12(15)18-6-2)8(3)7-9(13)16-4/h8,10H,5-7H2,1-4H3/t8-/m1/s1. The second kappa shape index (κ2) is 8.49. The average Bonchev–Trinajstić information content (AvgIpc) is 2.29. The van der Waals surface area contributed by atoms with E-state index in [4.69, 9.17) is 9.47 Å². The van der Waals surface area contributed by atoms with Crippen molar-refractivity contribution in [3.8, 4) is 0 Å². The lowest BCUT2D eigenvalue weighted by atomic mass is 9.91. The third-order valence-corrected chi connectivity index (χ3v) is 2.37. The van der Waals surface area contributed by atoms with Crippen LogP contribution in [0.1, 0.15) is 27.2 Å². The number of carbonyl (C=O) groups excluding carboxylic acids is 3. The van der Waals surface area contributed by atoms with Crippen LogP contribution in [0.15, 0.2) is 0 Å². The topological polar surface area (TPSA) is 78.9 Å². The van der Waals surface area contributed by atoms with Gasteiger partial charge in [0.15, 0.2) is 5.92 Å². The fraction of sp³-hybridized carbons (Fsp3) is 0.750. The van der Waals surface area contributed by atoms with Crippen LogP contribution in [0.2, 0.25) is 0 Å². The number of ether oxygens (including phenoxy) is 3. The molecule has 0 aliphatic rings. The molecule has 6 nitrogen and oxygen atoms in total. The number of methoxy groups -OCH3 is 1. The monoisotopic (exact) mass is 260 g/mol. The summed E-state index contributed by atoms with van der Waals surface area (Å²) in [4.78, 5) is 34.6. The third-order valence-electron chi connectivity index (χ3n) is 2.37. The lowest BCUT2D eigenvalue weighted by Crippen LogP contribution is -2.34. The lowest BCUT2D eigenvalue weighted by Gasteiger charge is -2.19. The van der Waals surface area contributed by atoms with E-state index < -0.39 is 29.7 Å². The summed E-state index contributed by atoms with van der Waals surface area (Å²) in [5.41, 5.74) is 0. The molecule has 104 valence electrons. The summed E-state index contributed by atoms with van der Waals surface area (Å²) in [7, 11) is 1.25. The number of carbonyl (C=O) groups is 3. The molecule has 0 radical (unpaired) electrons. The quantitative estimate of drug-likeness (QED) is 0.385. The number of rotatable bonds is 7. The molecule has 0 saturated carbocycles. The fourth-order valence-corrected chi connectivity index (χ4v) is 1.49. The van der Waals surface area contributed by atoms with Gasteiger partial charge in [-0.2, -0.15) is 0 Å². The van der Waals surface area contributed by atoms with Crippen molar-refractivity contribution in [2.45, 2.75) is 27.2 Å². The molecule has 0 amide bonds. The van der Waals surface area contributed by atoms with Gasteiger partial charge in [-0.25, -0.2) is 0 Å². The molecule has 0 aliphatic carbocycles. The average molecular weight is 260 g/mol. The van der Waals surface area contributed by atoms with Crippen molar-refractivity contribution in [2.75, 3.05) is 20.3 Å². The predicted octanol–water partition coefficient (Wildman–Crippen LogP) is 0.928. The maximum atomic E-state index is 11.7. The highest BCUT2D eigenvalue weighted by molar-refractivity contribution is 5.95. The smallest absolute Gasteiger partial charge is 0.320 e. The highest BCUT2D eigenvalue weighted by Gasteiger charge is 2.36. The maximum absolute atomic E-state index is 11.7. The van der Waals surface area contributed by atoms with Crippen molar-refractivity contribution in [3.05, 3.63) is 0 Å². The second-order valence-electron chi connectivity index (χ2n) is 3.74. The van der Waals surface area contributed by atoms with Gasteiger partial charge in [-0.3, -0.25) is 14.4 Å². The summed E-state index contributed by atoms with van der Waals surface area (Å²) in [6, 6.07) is 0. The Morgan fingerprint density at radius 2 is 1.44 bits per heavy atom. The molecule has 0 aliphatic heterocycles. The summed E-state index contributed by atoms with van der Waals surface area (Å²) in [5.74, 6) is -3.46. The van der Waals surface area contributed by atoms with E-state index in [2.05, 4.69) is 4.74 Å². The van der Waals surface area contributed by atoms with Crippen molar-refractivity contribution in [3.63, 3.8) is 0 Å². The first-order valence-electron chi connectivity index (χ1n) is 5.87. The number of hydrogen-bond donors (Lipinski definition) is 0. The number of hydrogen-bond acceptors (Lipinski definition) is 6. The minimum atomic E-state index is -1.09. The van der Waals surface area contributed by atoms with Crippen molar-refractivity contribution in [1.82, 2.24) is 0 Å². The zero-order valence-corrected chi connectivity index (χ0v) is 11.2. The molecule has 0 aromatic rings. The molecule has 0 unspecified atom stereocenters. The Labute approximate surface area is 107 Å². The van der Waals surface area contributed by atoms with Crippen LogP contribution < -0.4 is 0 Å². The molecular weight excluding hydrogens is 240 g/mol. The minimum Gasteiger partial charge on any atom is -0.469 e. The van der Waals surface area contributed by atoms with Gasteiger partial charge in [-0.1, -0.05) is 6.92 Å². The van der Waals surface area contributed by atoms with E-state index >= 15 is 0 Å².